The first-order valence-electron chi connectivity index (χ1n) is 10.2. The third-order valence-corrected chi connectivity index (χ3v) is 7.77. The lowest BCUT2D eigenvalue weighted by atomic mass is 10.2. The fraction of sp³-hybridized carbons (Fsp3) is 0.167. The number of sulfonamides is 1. The van der Waals surface area contributed by atoms with Gasteiger partial charge in [-0.2, -0.15) is 4.99 Å². The van der Waals surface area contributed by atoms with Gasteiger partial charge in [-0.15, -0.1) is 0 Å². The summed E-state index contributed by atoms with van der Waals surface area (Å²) < 4.78 is 41.2. The van der Waals surface area contributed by atoms with Crippen LogP contribution < -0.4 is 19.0 Å². The zero-order valence-corrected chi connectivity index (χ0v) is 20.7. The van der Waals surface area contributed by atoms with Crippen molar-refractivity contribution in [1.29, 1.82) is 0 Å². The lowest BCUT2D eigenvalue weighted by Crippen LogP contribution is -2.14. The number of carbonyl (C=O) groups is 1. The van der Waals surface area contributed by atoms with E-state index in [1.807, 2.05) is 6.92 Å². The van der Waals surface area contributed by atoms with Crippen LogP contribution in [0.15, 0.2) is 70.6 Å². The Morgan fingerprint density at radius 2 is 1.56 bits per heavy atom. The Kier molecular flexibility index (Phi) is 6.45. The number of anilines is 1. The highest BCUT2D eigenvalue weighted by Crippen LogP contribution is 2.34. The SMILES string of the molecule is COc1ccc(OC)c2c1sc(=NC(=O)c1ccc(NS(=O)(=O)c3ccc(C)cc3)cc1)n2C. The van der Waals surface area contributed by atoms with E-state index < -0.39 is 15.9 Å². The van der Waals surface area contributed by atoms with Gasteiger partial charge >= 0.3 is 0 Å². The Hall–Kier alpha value is -3.63. The average molecular weight is 498 g/mol. The minimum atomic E-state index is -3.73. The monoisotopic (exact) mass is 497 g/mol. The molecule has 0 spiro atoms. The normalized spacial score (nSPS) is 12.1. The van der Waals surface area contributed by atoms with Crippen LogP contribution in [0.4, 0.5) is 5.69 Å². The molecule has 1 aromatic heterocycles. The molecule has 1 amide bonds. The summed E-state index contributed by atoms with van der Waals surface area (Å²) in [6, 6.07) is 16.3. The fourth-order valence-electron chi connectivity index (χ4n) is 3.39. The average Bonchev–Trinajstić information content (AvgIpc) is 3.15. The largest absolute Gasteiger partial charge is 0.495 e. The van der Waals surface area contributed by atoms with Crippen molar-refractivity contribution in [2.24, 2.45) is 12.0 Å². The second-order valence-electron chi connectivity index (χ2n) is 7.50. The third-order valence-electron chi connectivity index (χ3n) is 5.23. The van der Waals surface area contributed by atoms with Crippen LogP contribution in [0.25, 0.3) is 10.2 Å². The number of methoxy groups -OCH3 is 2. The van der Waals surface area contributed by atoms with Crippen LogP contribution in [-0.4, -0.2) is 33.1 Å². The van der Waals surface area contributed by atoms with Crippen LogP contribution in [0.1, 0.15) is 15.9 Å². The van der Waals surface area contributed by atoms with Crippen molar-refractivity contribution < 1.29 is 22.7 Å². The molecule has 8 nitrogen and oxygen atoms in total. The van der Waals surface area contributed by atoms with Crippen molar-refractivity contribution in [1.82, 2.24) is 4.57 Å². The Labute approximate surface area is 201 Å². The van der Waals surface area contributed by atoms with E-state index in [0.717, 1.165) is 15.8 Å². The van der Waals surface area contributed by atoms with E-state index in [1.54, 1.807) is 62.2 Å². The molecule has 4 aromatic rings. The van der Waals surface area contributed by atoms with Gasteiger partial charge in [-0.05, 0) is 55.5 Å². The first-order valence-corrected chi connectivity index (χ1v) is 12.5. The molecule has 34 heavy (non-hydrogen) atoms. The van der Waals surface area contributed by atoms with Crippen molar-refractivity contribution in [2.75, 3.05) is 18.9 Å². The Balaban J connectivity index is 1.62. The molecule has 0 fully saturated rings. The molecule has 0 aliphatic heterocycles. The molecule has 0 atom stereocenters. The molecule has 0 saturated carbocycles. The molecule has 0 saturated heterocycles. The molecular weight excluding hydrogens is 474 g/mol. The second kappa shape index (κ2) is 9.32. The number of nitrogens with zero attached hydrogens (tertiary/aromatic N) is 2. The van der Waals surface area contributed by atoms with Crippen LogP contribution in [-0.2, 0) is 17.1 Å². The molecule has 4 rings (SSSR count). The van der Waals surface area contributed by atoms with Crippen molar-refractivity contribution in [3.05, 3.63) is 76.6 Å². The number of aryl methyl sites for hydroxylation is 2. The molecule has 10 heteroatoms. The fourth-order valence-corrected chi connectivity index (χ4v) is 5.58. The number of thiazole rings is 1. The Morgan fingerprint density at radius 3 is 2.18 bits per heavy atom. The molecule has 1 heterocycles. The van der Waals surface area contributed by atoms with Crippen LogP contribution >= 0.6 is 11.3 Å². The van der Waals surface area contributed by atoms with Gasteiger partial charge in [-0.1, -0.05) is 29.0 Å². The van der Waals surface area contributed by atoms with Crippen LogP contribution in [0.5, 0.6) is 11.5 Å². The van der Waals surface area contributed by atoms with Crippen LogP contribution in [0.3, 0.4) is 0 Å². The van der Waals surface area contributed by atoms with Crippen molar-refractivity contribution in [3.63, 3.8) is 0 Å². The van der Waals surface area contributed by atoms with Gasteiger partial charge in [0.2, 0.25) is 0 Å². The first-order chi connectivity index (χ1) is 16.2. The number of hydrogen-bond donors (Lipinski definition) is 1. The smallest absolute Gasteiger partial charge is 0.279 e. The van der Waals surface area contributed by atoms with E-state index in [0.29, 0.717) is 27.6 Å². The number of fused-ring (bicyclic) bond motifs is 1. The van der Waals surface area contributed by atoms with Gasteiger partial charge in [0.1, 0.15) is 21.7 Å². The highest BCUT2D eigenvalue weighted by atomic mass is 32.2. The Morgan fingerprint density at radius 1 is 0.941 bits per heavy atom. The standard InChI is InChI=1S/C24H23N3O5S2/c1-15-5-11-18(12-6-15)34(29,30)26-17-9-7-16(8-10-17)23(28)25-24-27(2)21-19(31-3)13-14-20(32-4)22(21)33-24/h5-14,26H,1-4H3. The maximum Gasteiger partial charge on any atom is 0.279 e. The molecule has 176 valence electrons. The predicted molar refractivity (Wildman–Crippen MR) is 132 cm³/mol. The molecule has 0 unspecified atom stereocenters. The number of aromatic nitrogens is 1. The van der Waals surface area contributed by atoms with Gasteiger partial charge in [-0.3, -0.25) is 9.52 Å². The molecule has 0 radical (unpaired) electrons. The lowest BCUT2D eigenvalue weighted by molar-refractivity contribution is 0.0998. The van der Waals surface area contributed by atoms with E-state index in [4.69, 9.17) is 9.47 Å². The van der Waals surface area contributed by atoms with E-state index >= 15 is 0 Å². The lowest BCUT2D eigenvalue weighted by Gasteiger charge is -2.08. The quantitative estimate of drug-likeness (QED) is 0.432. The van der Waals surface area contributed by atoms with E-state index in [-0.39, 0.29) is 4.90 Å². The van der Waals surface area contributed by atoms with Gasteiger partial charge in [-0.25, -0.2) is 8.42 Å². The summed E-state index contributed by atoms with van der Waals surface area (Å²) in [7, 11) is 1.23. The van der Waals surface area contributed by atoms with E-state index in [9.17, 15) is 13.2 Å². The van der Waals surface area contributed by atoms with Crippen molar-refractivity contribution in [3.8, 4) is 11.5 Å². The highest BCUT2D eigenvalue weighted by Gasteiger charge is 2.16. The molecule has 0 aliphatic carbocycles. The van der Waals surface area contributed by atoms with Gasteiger partial charge in [0.05, 0.1) is 19.1 Å². The van der Waals surface area contributed by atoms with Crippen molar-refractivity contribution >= 4 is 43.2 Å². The number of amides is 1. The summed E-state index contributed by atoms with van der Waals surface area (Å²) in [5.74, 6) is 0.859. The zero-order chi connectivity index (χ0) is 24.5. The zero-order valence-electron chi connectivity index (χ0n) is 19.0. The number of rotatable bonds is 6. The van der Waals surface area contributed by atoms with Gasteiger partial charge in [0, 0.05) is 18.3 Å². The summed E-state index contributed by atoms with van der Waals surface area (Å²) >= 11 is 1.32. The number of nitrogens with one attached hydrogen (secondary N) is 1. The van der Waals surface area contributed by atoms with Crippen LogP contribution in [0, 0.1) is 6.92 Å². The third kappa shape index (κ3) is 4.55. The van der Waals surface area contributed by atoms with Crippen molar-refractivity contribution in [2.45, 2.75) is 11.8 Å². The predicted octanol–water partition coefficient (Wildman–Crippen LogP) is 4.11. The summed E-state index contributed by atoms with van der Waals surface area (Å²) in [5, 5.41) is 0. The summed E-state index contributed by atoms with van der Waals surface area (Å²) in [6.07, 6.45) is 0. The van der Waals surface area contributed by atoms with E-state index in [2.05, 4.69) is 9.71 Å². The number of carbonyl (C=O) groups excluding carboxylic acids is 1. The maximum atomic E-state index is 12.8. The summed E-state index contributed by atoms with van der Waals surface area (Å²) in [4.78, 5) is 17.7. The number of ether oxygens (including phenoxy) is 2. The number of benzene rings is 3. The minimum absolute atomic E-state index is 0.163. The first kappa shape index (κ1) is 23.5. The van der Waals surface area contributed by atoms with Gasteiger partial charge in [0.25, 0.3) is 15.9 Å². The molecule has 0 aliphatic rings. The number of hydrogen-bond acceptors (Lipinski definition) is 6. The molecule has 0 bridgehead atoms. The Bertz CT molecular complexity index is 1530. The maximum absolute atomic E-state index is 12.8. The highest BCUT2D eigenvalue weighted by molar-refractivity contribution is 7.92. The summed E-state index contributed by atoms with van der Waals surface area (Å²) in [6.45, 7) is 1.89. The topological polar surface area (TPSA) is 99.0 Å². The second-order valence-corrected chi connectivity index (χ2v) is 10.2. The van der Waals surface area contributed by atoms with E-state index in [1.165, 1.54) is 35.6 Å². The molecule has 1 N–H and O–H groups in total. The summed E-state index contributed by atoms with van der Waals surface area (Å²) in [5.41, 5.74) is 2.42. The molecular formula is C24H23N3O5S2. The minimum Gasteiger partial charge on any atom is -0.495 e. The van der Waals surface area contributed by atoms with Gasteiger partial charge < -0.3 is 14.0 Å². The van der Waals surface area contributed by atoms with Crippen LogP contribution in [0.2, 0.25) is 0 Å². The van der Waals surface area contributed by atoms with Gasteiger partial charge in [0.15, 0.2) is 4.80 Å². The molecule has 3 aromatic carbocycles.